The summed E-state index contributed by atoms with van der Waals surface area (Å²) in [6, 6.07) is 13.7. The van der Waals surface area contributed by atoms with Crippen LogP contribution in [0, 0.1) is 31.6 Å². The standard InChI is InChI=1S/C40H61N3O/c1-12-13-15-27(4)33(10)41-37-22-21-35(24-31(37)8)28(5)17-18-29(6)36-20-19-30(7)38(25-36)42-34(11)39-16-14-23-43(39)40(44)32(9)26(2)3/h19-22,24-29,32,39,41H,10,12-18,23H2,1-9,11H3/t27-,28?,29+,32-,39?/m0/s1. The smallest absolute Gasteiger partial charge is 0.226 e. The molecule has 1 amide bonds. The van der Waals surface area contributed by atoms with Crippen molar-refractivity contribution in [3.05, 3.63) is 70.9 Å². The number of allylic oxidation sites excluding steroid dienone is 1. The molecule has 1 aliphatic rings. The van der Waals surface area contributed by atoms with Crippen molar-refractivity contribution < 1.29 is 4.79 Å². The molecule has 0 aliphatic carbocycles. The maximum Gasteiger partial charge on any atom is 0.226 e. The number of carbonyl (C=O) groups excluding carboxylic acids is 1. The van der Waals surface area contributed by atoms with E-state index in [-0.39, 0.29) is 17.9 Å². The highest BCUT2D eigenvalue weighted by Gasteiger charge is 2.34. The Morgan fingerprint density at radius 3 is 2.20 bits per heavy atom. The highest BCUT2D eigenvalue weighted by Crippen LogP contribution is 2.33. The SMILES string of the molecule is C=C(Nc1ccc(C(C)CC[C@@H](C)c2ccc(C)c(N=C(C)C3CCCN3C(=O)[C@@H](C)C(C)C)c2)cc1C)[C@@H](C)CCCC. The molecular weight excluding hydrogens is 538 g/mol. The van der Waals surface area contributed by atoms with E-state index in [1.807, 2.05) is 0 Å². The number of rotatable bonds is 15. The van der Waals surface area contributed by atoms with Crippen LogP contribution in [0.3, 0.4) is 0 Å². The molecule has 0 radical (unpaired) electrons. The lowest BCUT2D eigenvalue weighted by Gasteiger charge is -2.29. The molecule has 242 valence electrons. The molecule has 0 aromatic heterocycles. The van der Waals surface area contributed by atoms with Gasteiger partial charge in [0.1, 0.15) is 0 Å². The summed E-state index contributed by atoms with van der Waals surface area (Å²) in [5.41, 5.74) is 9.59. The van der Waals surface area contributed by atoms with Crippen LogP contribution in [0.1, 0.15) is 134 Å². The Morgan fingerprint density at radius 1 is 0.955 bits per heavy atom. The first-order valence-corrected chi connectivity index (χ1v) is 17.4. The molecule has 0 bridgehead atoms. The van der Waals surface area contributed by atoms with Gasteiger partial charge in [-0.15, -0.1) is 0 Å². The van der Waals surface area contributed by atoms with E-state index in [1.54, 1.807) is 0 Å². The molecule has 1 N–H and O–H groups in total. The van der Waals surface area contributed by atoms with Crippen molar-refractivity contribution in [2.45, 2.75) is 132 Å². The van der Waals surface area contributed by atoms with Crippen molar-refractivity contribution >= 4 is 23.0 Å². The fourth-order valence-corrected chi connectivity index (χ4v) is 6.28. The van der Waals surface area contributed by atoms with Gasteiger partial charge < -0.3 is 10.2 Å². The maximum atomic E-state index is 13.2. The van der Waals surface area contributed by atoms with Crippen LogP contribution in [0.5, 0.6) is 0 Å². The van der Waals surface area contributed by atoms with E-state index in [0.29, 0.717) is 23.7 Å². The van der Waals surface area contributed by atoms with Crippen LogP contribution in [0.4, 0.5) is 11.4 Å². The van der Waals surface area contributed by atoms with Crippen molar-refractivity contribution in [3.63, 3.8) is 0 Å². The molecule has 44 heavy (non-hydrogen) atoms. The van der Waals surface area contributed by atoms with Gasteiger partial charge in [0.25, 0.3) is 0 Å². The average Bonchev–Trinajstić information content (AvgIpc) is 3.50. The third-order valence-electron chi connectivity index (χ3n) is 10.2. The number of aliphatic imine (C=N–C) groups is 1. The van der Waals surface area contributed by atoms with E-state index < -0.39 is 0 Å². The normalized spacial score (nSPS) is 18.3. The number of amides is 1. The zero-order valence-electron chi connectivity index (χ0n) is 29.6. The summed E-state index contributed by atoms with van der Waals surface area (Å²) in [4.78, 5) is 20.4. The maximum absolute atomic E-state index is 13.2. The quantitative estimate of drug-likeness (QED) is 0.207. The number of likely N-dealkylation sites (tertiary alicyclic amines) is 1. The minimum Gasteiger partial charge on any atom is -0.359 e. The lowest BCUT2D eigenvalue weighted by Crippen LogP contribution is -2.43. The summed E-state index contributed by atoms with van der Waals surface area (Å²) in [6.45, 7) is 27.1. The van der Waals surface area contributed by atoms with Gasteiger partial charge in [-0.25, -0.2) is 0 Å². The minimum atomic E-state index is 0.0411. The van der Waals surface area contributed by atoms with E-state index in [2.05, 4.69) is 122 Å². The number of nitrogens with zero attached hydrogens (tertiary/aromatic N) is 2. The summed E-state index contributed by atoms with van der Waals surface area (Å²) in [5.74, 6) is 2.07. The first-order valence-electron chi connectivity index (χ1n) is 17.4. The van der Waals surface area contributed by atoms with Crippen LogP contribution < -0.4 is 5.32 Å². The number of carbonyl (C=O) groups is 1. The largest absolute Gasteiger partial charge is 0.359 e. The lowest BCUT2D eigenvalue weighted by molar-refractivity contribution is -0.136. The van der Waals surface area contributed by atoms with Crippen molar-refractivity contribution in [3.8, 4) is 0 Å². The fourth-order valence-electron chi connectivity index (χ4n) is 6.28. The molecule has 1 fully saturated rings. The molecule has 4 nitrogen and oxygen atoms in total. The first-order chi connectivity index (χ1) is 20.8. The second kappa shape index (κ2) is 16.4. The molecule has 4 heteroatoms. The second-order valence-electron chi connectivity index (χ2n) is 14.2. The third-order valence-corrected chi connectivity index (χ3v) is 10.2. The predicted octanol–water partition coefficient (Wildman–Crippen LogP) is 11.1. The Hall–Kier alpha value is -2.88. The number of anilines is 1. The summed E-state index contributed by atoms with van der Waals surface area (Å²) in [7, 11) is 0. The van der Waals surface area contributed by atoms with E-state index in [9.17, 15) is 4.79 Å². The molecule has 0 saturated carbocycles. The molecular formula is C40H61N3O. The van der Waals surface area contributed by atoms with Gasteiger partial charge in [-0.3, -0.25) is 9.79 Å². The molecule has 5 atom stereocenters. The van der Waals surface area contributed by atoms with Gasteiger partial charge in [-0.05, 0) is 111 Å². The zero-order chi connectivity index (χ0) is 32.6. The van der Waals surface area contributed by atoms with Gasteiger partial charge in [-0.1, -0.05) is 92.2 Å². The van der Waals surface area contributed by atoms with Crippen molar-refractivity contribution in [1.82, 2.24) is 4.90 Å². The molecule has 2 aromatic rings. The first kappa shape index (κ1) is 35.6. The Labute approximate surface area is 269 Å². The van der Waals surface area contributed by atoms with E-state index in [1.165, 1.54) is 47.2 Å². The van der Waals surface area contributed by atoms with Crippen LogP contribution in [-0.2, 0) is 4.79 Å². The average molecular weight is 600 g/mol. The number of benzene rings is 2. The Kier molecular flexibility index (Phi) is 13.3. The van der Waals surface area contributed by atoms with Crippen LogP contribution >= 0.6 is 0 Å². The third kappa shape index (κ3) is 9.31. The van der Waals surface area contributed by atoms with Gasteiger partial charge in [0.15, 0.2) is 0 Å². The Morgan fingerprint density at radius 2 is 1.59 bits per heavy atom. The molecule has 1 saturated heterocycles. The van der Waals surface area contributed by atoms with Crippen molar-refractivity contribution in [2.24, 2.45) is 22.7 Å². The number of aryl methyl sites for hydroxylation is 2. The fraction of sp³-hybridized carbons (Fsp3) is 0.600. The van der Waals surface area contributed by atoms with E-state index in [0.717, 1.165) is 49.3 Å². The number of nitrogens with one attached hydrogen (secondary N) is 1. The van der Waals surface area contributed by atoms with Gasteiger partial charge in [0.05, 0.1) is 11.7 Å². The summed E-state index contributed by atoms with van der Waals surface area (Å²) < 4.78 is 0. The minimum absolute atomic E-state index is 0.0411. The molecule has 2 aromatic carbocycles. The molecule has 2 unspecified atom stereocenters. The van der Waals surface area contributed by atoms with E-state index >= 15 is 0 Å². The molecule has 1 heterocycles. The predicted molar refractivity (Wildman–Crippen MR) is 191 cm³/mol. The van der Waals surface area contributed by atoms with Crippen LogP contribution in [0.2, 0.25) is 0 Å². The van der Waals surface area contributed by atoms with E-state index in [4.69, 9.17) is 4.99 Å². The van der Waals surface area contributed by atoms with Crippen LogP contribution in [-0.4, -0.2) is 29.1 Å². The monoisotopic (exact) mass is 599 g/mol. The number of hydrogen-bond donors (Lipinski definition) is 1. The van der Waals surface area contributed by atoms with Gasteiger partial charge in [0, 0.05) is 29.6 Å². The highest BCUT2D eigenvalue weighted by molar-refractivity contribution is 5.94. The van der Waals surface area contributed by atoms with Crippen LogP contribution in [0.15, 0.2) is 53.7 Å². The van der Waals surface area contributed by atoms with Crippen LogP contribution in [0.25, 0.3) is 0 Å². The zero-order valence-corrected chi connectivity index (χ0v) is 29.6. The molecule has 3 rings (SSSR count). The summed E-state index contributed by atoms with van der Waals surface area (Å²) >= 11 is 0. The summed E-state index contributed by atoms with van der Waals surface area (Å²) in [5, 5.41) is 3.59. The number of hydrogen-bond acceptors (Lipinski definition) is 3. The Balaban J connectivity index is 1.64. The Bertz CT molecular complexity index is 1290. The lowest BCUT2D eigenvalue weighted by atomic mass is 9.88. The van der Waals surface area contributed by atoms with Gasteiger partial charge in [-0.2, -0.15) is 0 Å². The van der Waals surface area contributed by atoms with Gasteiger partial charge in [0.2, 0.25) is 5.91 Å². The van der Waals surface area contributed by atoms with Crippen molar-refractivity contribution in [2.75, 3.05) is 11.9 Å². The molecule has 1 aliphatic heterocycles. The van der Waals surface area contributed by atoms with Gasteiger partial charge >= 0.3 is 0 Å². The second-order valence-corrected chi connectivity index (χ2v) is 14.2. The number of unbranched alkanes of at least 4 members (excludes halogenated alkanes) is 1. The molecule has 0 spiro atoms. The highest BCUT2D eigenvalue weighted by atomic mass is 16.2. The topological polar surface area (TPSA) is 44.7 Å². The summed E-state index contributed by atoms with van der Waals surface area (Å²) in [6.07, 6.45) is 7.95. The van der Waals surface area contributed by atoms with Crippen molar-refractivity contribution in [1.29, 1.82) is 0 Å².